The van der Waals surface area contributed by atoms with Crippen molar-refractivity contribution in [2.75, 3.05) is 26.4 Å². The molecular weight excluding hydrogens is 230 g/mol. The van der Waals surface area contributed by atoms with E-state index in [1.807, 2.05) is 18.2 Å². The smallest absolute Gasteiger partial charge is 0.251 e. The summed E-state index contributed by atoms with van der Waals surface area (Å²) in [6, 6.07) is 5.63. The van der Waals surface area contributed by atoms with Gasteiger partial charge < -0.3 is 14.8 Å². The van der Waals surface area contributed by atoms with E-state index in [1.165, 1.54) is 0 Å². The van der Waals surface area contributed by atoms with Crippen molar-refractivity contribution >= 4 is 5.91 Å². The monoisotopic (exact) mass is 247 g/mol. The first-order chi connectivity index (χ1) is 8.66. The van der Waals surface area contributed by atoms with E-state index in [2.05, 4.69) is 12.2 Å². The van der Waals surface area contributed by atoms with Gasteiger partial charge in [-0.15, -0.1) is 0 Å². The number of benzene rings is 1. The Balaban J connectivity index is 1.65. The van der Waals surface area contributed by atoms with Crippen molar-refractivity contribution in [3.8, 4) is 5.75 Å². The molecule has 0 aromatic heterocycles. The normalized spacial score (nSPS) is 19.6. The Hall–Kier alpha value is -1.55. The summed E-state index contributed by atoms with van der Waals surface area (Å²) >= 11 is 0. The third-order valence-corrected chi connectivity index (χ3v) is 3.53. The molecule has 0 atom stereocenters. The SMILES string of the molecule is CC1(CNC(=O)c2ccc3c(c2)CCO3)COC1. The van der Waals surface area contributed by atoms with Crippen molar-refractivity contribution in [1.29, 1.82) is 0 Å². The zero-order chi connectivity index (χ0) is 12.6. The Kier molecular flexibility index (Phi) is 2.74. The minimum Gasteiger partial charge on any atom is -0.493 e. The minimum atomic E-state index is -0.0159. The topological polar surface area (TPSA) is 47.6 Å². The van der Waals surface area contributed by atoms with Crippen LogP contribution in [-0.4, -0.2) is 32.3 Å². The van der Waals surface area contributed by atoms with E-state index in [4.69, 9.17) is 9.47 Å². The number of ether oxygens (including phenoxy) is 2. The zero-order valence-electron chi connectivity index (χ0n) is 10.5. The van der Waals surface area contributed by atoms with Crippen LogP contribution in [0.5, 0.6) is 5.75 Å². The van der Waals surface area contributed by atoms with Crippen molar-refractivity contribution < 1.29 is 14.3 Å². The lowest BCUT2D eigenvalue weighted by Gasteiger charge is -2.38. The summed E-state index contributed by atoms with van der Waals surface area (Å²) in [5, 5.41) is 2.97. The molecule has 4 heteroatoms. The van der Waals surface area contributed by atoms with Crippen LogP contribution in [0, 0.1) is 5.41 Å². The van der Waals surface area contributed by atoms with Gasteiger partial charge in [-0.05, 0) is 23.8 Å². The van der Waals surface area contributed by atoms with E-state index in [1.54, 1.807) is 0 Å². The second-order valence-corrected chi connectivity index (χ2v) is 5.41. The second-order valence-electron chi connectivity index (χ2n) is 5.41. The quantitative estimate of drug-likeness (QED) is 0.878. The third-order valence-electron chi connectivity index (χ3n) is 3.53. The van der Waals surface area contributed by atoms with Crippen molar-refractivity contribution in [2.24, 2.45) is 5.41 Å². The van der Waals surface area contributed by atoms with Gasteiger partial charge in [-0.3, -0.25) is 4.79 Å². The van der Waals surface area contributed by atoms with Crippen LogP contribution in [0.4, 0.5) is 0 Å². The van der Waals surface area contributed by atoms with Gasteiger partial charge >= 0.3 is 0 Å². The molecule has 18 heavy (non-hydrogen) atoms. The predicted octanol–water partition coefficient (Wildman–Crippen LogP) is 1.39. The van der Waals surface area contributed by atoms with Crippen LogP contribution < -0.4 is 10.1 Å². The summed E-state index contributed by atoms with van der Waals surface area (Å²) in [5.74, 6) is 0.892. The average molecular weight is 247 g/mol. The minimum absolute atomic E-state index is 0.0159. The molecule has 2 aliphatic heterocycles. The van der Waals surface area contributed by atoms with Crippen LogP contribution in [0.2, 0.25) is 0 Å². The van der Waals surface area contributed by atoms with E-state index in [-0.39, 0.29) is 11.3 Å². The fourth-order valence-electron chi connectivity index (χ4n) is 2.28. The predicted molar refractivity (Wildman–Crippen MR) is 66.9 cm³/mol. The summed E-state index contributed by atoms with van der Waals surface area (Å²) in [5.41, 5.74) is 1.94. The molecule has 4 nitrogen and oxygen atoms in total. The van der Waals surface area contributed by atoms with Gasteiger partial charge in [-0.25, -0.2) is 0 Å². The maximum Gasteiger partial charge on any atom is 0.251 e. The maximum absolute atomic E-state index is 12.0. The molecule has 1 N–H and O–H groups in total. The van der Waals surface area contributed by atoms with Crippen LogP contribution in [0.15, 0.2) is 18.2 Å². The average Bonchev–Trinajstić information content (AvgIpc) is 2.80. The van der Waals surface area contributed by atoms with Gasteiger partial charge in [0.2, 0.25) is 0 Å². The van der Waals surface area contributed by atoms with Gasteiger partial charge in [0.05, 0.1) is 19.8 Å². The molecule has 96 valence electrons. The summed E-state index contributed by atoms with van der Waals surface area (Å²) in [6.07, 6.45) is 0.891. The fraction of sp³-hybridized carbons (Fsp3) is 0.500. The Bertz CT molecular complexity index is 480. The highest BCUT2D eigenvalue weighted by Crippen LogP contribution is 2.27. The first-order valence-electron chi connectivity index (χ1n) is 6.28. The van der Waals surface area contributed by atoms with Gasteiger partial charge in [0, 0.05) is 23.9 Å². The van der Waals surface area contributed by atoms with Gasteiger partial charge in [0.1, 0.15) is 5.75 Å². The number of hydrogen-bond acceptors (Lipinski definition) is 3. The zero-order valence-corrected chi connectivity index (χ0v) is 10.5. The van der Waals surface area contributed by atoms with Gasteiger partial charge in [-0.2, -0.15) is 0 Å². The largest absolute Gasteiger partial charge is 0.493 e. The number of rotatable bonds is 3. The lowest BCUT2D eigenvalue weighted by molar-refractivity contribution is -0.0978. The Morgan fingerprint density at radius 2 is 2.28 bits per heavy atom. The first-order valence-corrected chi connectivity index (χ1v) is 6.28. The lowest BCUT2D eigenvalue weighted by atomic mass is 9.88. The van der Waals surface area contributed by atoms with Crippen LogP contribution in [0.25, 0.3) is 0 Å². The number of hydrogen-bond donors (Lipinski definition) is 1. The van der Waals surface area contributed by atoms with Crippen molar-refractivity contribution in [3.63, 3.8) is 0 Å². The molecule has 0 spiro atoms. The van der Waals surface area contributed by atoms with Crippen molar-refractivity contribution in [3.05, 3.63) is 29.3 Å². The van der Waals surface area contributed by atoms with Crippen molar-refractivity contribution in [2.45, 2.75) is 13.3 Å². The highest BCUT2D eigenvalue weighted by molar-refractivity contribution is 5.94. The Labute approximate surface area is 106 Å². The second kappa shape index (κ2) is 4.28. The van der Waals surface area contributed by atoms with E-state index in [0.29, 0.717) is 12.1 Å². The van der Waals surface area contributed by atoms with E-state index < -0.39 is 0 Å². The Morgan fingerprint density at radius 3 is 3.00 bits per heavy atom. The molecule has 0 bridgehead atoms. The van der Waals surface area contributed by atoms with Crippen LogP contribution in [0.1, 0.15) is 22.8 Å². The summed E-state index contributed by atoms with van der Waals surface area (Å²) in [4.78, 5) is 12.0. The molecule has 2 aliphatic rings. The van der Waals surface area contributed by atoms with Gasteiger partial charge in [0.25, 0.3) is 5.91 Å². The number of amides is 1. The first kappa shape index (κ1) is 11.5. The molecule has 0 aliphatic carbocycles. The van der Waals surface area contributed by atoms with E-state index in [0.717, 1.165) is 37.6 Å². The lowest BCUT2D eigenvalue weighted by Crippen LogP contribution is -2.48. The molecule has 1 fully saturated rings. The Morgan fingerprint density at radius 1 is 1.44 bits per heavy atom. The molecule has 1 aromatic rings. The highest BCUT2D eigenvalue weighted by Gasteiger charge is 2.33. The third kappa shape index (κ3) is 2.08. The fourth-order valence-corrected chi connectivity index (χ4v) is 2.28. The molecule has 1 saturated heterocycles. The highest BCUT2D eigenvalue weighted by atomic mass is 16.5. The molecule has 1 amide bonds. The standard InChI is InChI=1S/C14H17NO3/c1-14(8-17-9-14)7-15-13(16)11-2-3-12-10(6-11)4-5-18-12/h2-3,6H,4-5,7-9H2,1H3,(H,15,16). The van der Waals surface area contributed by atoms with Crippen LogP contribution in [0.3, 0.4) is 0 Å². The molecule has 0 unspecified atom stereocenters. The summed E-state index contributed by atoms with van der Waals surface area (Å²) in [7, 11) is 0. The van der Waals surface area contributed by atoms with Crippen LogP contribution in [-0.2, 0) is 11.2 Å². The number of carbonyl (C=O) groups excluding carboxylic acids is 1. The number of fused-ring (bicyclic) bond motifs is 1. The molecule has 0 saturated carbocycles. The number of carbonyl (C=O) groups is 1. The molecule has 3 rings (SSSR count). The summed E-state index contributed by atoms with van der Waals surface area (Å²) < 4.78 is 10.6. The van der Waals surface area contributed by atoms with Crippen LogP contribution >= 0.6 is 0 Å². The molecular formula is C14H17NO3. The van der Waals surface area contributed by atoms with Gasteiger partial charge in [0.15, 0.2) is 0 Å². The van der Waals surface area contributed by atoms with Crippen molar-refractivity contribution in [1.82, 2.24) is 5.32 Å². The number of nitrogens with one attached hydrogen (secondary N) is 1. The summed E-state index contributed by atoms with van der Waals surface area (Å²) in [6.45, 7) is 4.96. The van der Waals surface area contributed by atoms with E-state index in [9.17, 15) is 4.79 Å². The van der Waals surface area contributed by atoms with Gasteiger partial charge in [-0.1, -0.05) is 6.92 Å². The molecule has 2 heterocycles. The maximum atomic E-state index is 12.0. The molecule has 1 aromatic carbocycles. The van der Waals surface area contributed by atoms with E-state index >= 15 is 0 Å². The molecule has 0 radical (unpaired) electrons.